The second-order valence-electron chi connectivity index (χ2n) is 5.27. The van der Waals surface area contributed by atoms with Gasteiger partial charge in [-0.15, -0.1) is 0 Å². The molecule has 1 saturated carbocycles. The van der Waals surface area contributed by atoms with E-state index in [4.69, 9.17) is 4.74 Å². The van der Waals surface area contributed by atoms with Crippen molar-refractivity contribution in [3.05, 3.63) is 29.8 Å². The first-order chi connectivity index (χ1) is 9.60. The minimum atomic E-state index is -0.423. The van der Waals surface area contributed by atoms with Crippen LogP contribution in [0.3, 0.4) is 0 Å². The van der Waals surface area contributed by atoms with Crippen molar-refractivity contribution in [3.8, 4) is 5.75 Å². The van der Waals surface area contributed by atoms with Gasteiger partial charge in [0.15, 0.2) is 0 Å². The van der Waals surface area contributed by atoms with Gasteiger partial charge in [0, 0.05) is 12.8 Å². The number of Topliss-reactive ketones (excluding diaryl/α,β-unsaturated/α-hetero) is 1. The zero-order chi connectivity index (χ0) is 14.3. The number of likely N-dealkylation sites (tertiary alicyclic amines) is 1. The van der Waals surface area contributed by atoms with Gasteiger partial charge >= 0.3 is 0 Å². The van der Waals surface area contributed by atoms with E-state index in [1.165, 1.54) is 4.90 Å². The maximum atomic E-state index is 12.2. The summed E-state index contributed by atoms with van der Waals surface area (Å²) in [6, 6.07) is 7.26. The van der Waals surface area contributed by atoms with Crippen LogP contribution in [0.1, 0.15) is 18.4 Å². The van der Waals surface area contributed by atoms with Crippen LogP contribution >= 0.6 is 0 Å². The summed E-state index contributed by atoms with van der Waals surface area (Å²) in [4.78, 5) is 37.0. The molecule has 1 aromatic carbocycles. The van der Waals surface area contributed by atoms with E-state index in [1.54, 1.807) is 19.2 Å². The van der Waals surface area contributed by atoms with Gasteiger partial charge in [-0.1, -0.05) is 12.1 Å². The number of rotatable bonds is 3. The predicted octanol–water partition coefficient (Wildman–Crippen LogP) is 1.16. The van der Waals surface area contributed by atoms with Gasteiger partial charge < -0.3 is 4.74 Å². The number of ketones is 1. The third kappa shape index (κ3) is 1.99. The van der Waals surface area contributed by atoms with Gasteiger partial charge in [-0.25, -0.2) is 0 Å². The molecule has 20 heavy (non-hydrogen) atoms. The van der Waals surface area contributed by atoms with Crippen LogP contribution in [0.4, 0.5) is 0 Å². The van der Waals surface area contributed by atoms with E-state index < -0.39 is 11.8 Å². The Balaban J connectivity index is 1.76. The number of ether oxygens (including phenoxy) is 1. The number of benzene rings is 1. The first-order valence-corrected chi connectivity index (χ1v) is 6.60. The molecule has 0 radical (unpaired) electrons. The highest BCUT2D eigenvalue weighted by Crippen LogP contribution is 2.38. The van der Waals surface area contributed by atoms with Crippen molar-refractivity contribution < 1.29 is 19.1 Å². The fourth-order valence-corrected chi connectivity index (χ4v) is 2.96. The van der Waals surface area contributed by atoms with Crippen LogP contribution < -0.4 is 4.74 Å². The number of fused-ring (bicyclic) bond motifs is 1. The Morgan fingerprint density at radius 3 is 2.10 bits per heavy atom. The van der Waals surface area contributed by atoms with Crippen molar-refractivity contribution in [1.82, 2.24) is 4.90 Å². The Morgan fingerprint density at radius 2 is 1.60 bits per heavy atom. The topological polar surface area (TPSA) is 63.7 Å². The lowest BCUT2D eigenvalue weighted by Gasteiger charge is -2.15. The van der Waals surface area contributed by atoms with Crippen molar-refractivity contribution in [2.75, 3.05) is 7.11 Å². The molecule has 1 heterocycles. The molecule has 2 fully saturated rings. The third-order valence-corrected chi connectivity index (χ3v) is 4.05. The summed E-state index contributed by atoms with van der Waals surface area (Å²) in [5, 5.41) is 0. The standard InChI is InChI=1S/C15H15NO4/c1-20-11-4-2-9(3-5-11)8-16-14(18)12-6-10(17)7-13(12)15(16)19/h2-5,12-13H,6-8H2,1H3. The molecule has 2 unspecified atom stereocenters. The number of imide groups is 1. The van der Waals surface area contributed by atoms with Crippen molar-refractivity contribution >= 4 is 17.6 Å². The van der Waals surface area contributed by atoms with E-state index in [-0.39, 0.29) is 37.0 Å². The van der Waals surface area contributed by atoms with E-state index in [1.807, 2.05) is 12.1 Å². The lowest BCUT2D eigenvalue weighted by Crippen LogP contribution is -2.31. The summed E-state index contributed by atoms with van der Waals surface area (Å²) in [5.41, 5.74) is 0.874. The molecule has 3 rings (SSSR count). The number of hydrogen-bond donors (Lipinski definition) is 0. The second-order valence-corrected chi connectivity index (χ2v) is 5.27. The van der Waals surface area contributed by atoms with E-state index in [2.05, 4.69) is 0 Å². The minimum absolute atomic E-state index is 0.0193. The molecule has 104 valence electrons. The van der Waals surface area contributed by atoms with Gasteiger partial charge in [0.2, 0.25) is 11.8 Å². The molecular weight excluding hydrogens is 258 g/mol. The number of hydrogen-bond acceptors (Lipinski definition) is 4. The van der Waals surface area contributed by atoms with Crippen LogP contribution in [-0.2, 0) is 20.9 Å². The van der Waals surface area contributed by atoms with Crippen molar-refractivity contribution in [3.63, 3.8) is 0 Å². The molecule has 2 aliphatic rings. The van der Waals surface area contributed by atoms with Gasteiger partial charge in [-0.2, -0.15) is 0 Å². The lowest BCUT2D eigenvalue weighted by molar-refractivity contribution is -0.142. The monoisotopic (exact) mass is 273 g/mol. The molecule has 0 aromatic heterocycles. The van der Waals surface area contributed by atoms with Crippen LogP contribution in [0, 0.1) is 11.8 Å². The zero-order valence-corrected chi connectivity index (χ0v) is 11.2. The first-order valence-electron chi connectivity index (χ1n) is 6.60. The fraction of sp³-hybridized carbons (Fsp3) is 0.400. The van der Waals surface area contributed by atoms with Gasteiger partial charge in [0.05, 0.1) is 25.5 Å². The lowest BCUT2D eigenvalue weighted by atomic mass is 10.00. The quantitative estimate of drug-likeness (QED) is 0.775. The number of methoxy groups -OCH3 is 1. The molecule has 1 saturated heterocycles. The highest BCUT2D eigenvalue weighted by atomic mass is 16.5. The van der Waals surface area contributed by atoms with Gasteiger partial charge in [0.25, 0.3) is 0 Å². The van der Waals surface area contributed by atoms with Crippen molar-refractivity contribution in [1.29, 1.82) is 0 Å². The van der Waals surface area contributed by atoms with Gasteiger partial charge in [-0.05, 0) is 17.7 Å². The Hall–Kier alpha value is -2.17. The maximum Gasteiger partial charge on any atom is 0.233 e. The van der Waals surface area contributed by atoms with Crippen LogP contribution in [-0.4, -0.2) is 29.6 Å². The molecular formula is C15H15NO4. The zero-order valence-electron chi connectivity index (χ0n) is 11.2. The fourth-order valence-electron chi connectivity index (χ4n) is 2.96. The van der Waals surface area contributed by atoms with Crippen molar-refractivity contribution in [2.24, 2.45) is 11.8 Å². The molecule has 0 N–H and O–H groups in total. The summed E-state index contributed by atoms with van der Waals surface area (Å²) in [6.45, 7) is 0.267. The van der Waals surface area contributed by atoms with E-state index in [0.29, 0.717) is 0 Å². The van der Waals surface area contributed by atoms with Crippen LogP contribution in [0.25, 0.3) is 0 Å². The van der Waals surface area contributed by atoms with Crippen LogP contribution in [0.5, 0.6) is 5.75 Å². The molecule has 1 aliphatic heterocycles. The van der Waals surface area contributed by atoms with Crippen LogP contribution in [0.2, 0.25) is 0 Å². The molecule has 1 aliphatic carbocycles. The number of amides is 2. The van der Waals surface area contributed by atoms with Crippen LogP contribution in [0.15, 0.2) is 24.3 Å². The molecule has 5 nitrogen and oxygen atoms in total. The highest BCUT2D eigenvalue weighted by molar-refractivity contribution is 6.10. The average molecular weight is 273 g/mol. The van der Waals surface area contributed by atoms with E-state index in [9.17, 15) is 14.4 Å². The largest absolute Gasteiger partial charge is 0.497 e. The van der Waals surface area contributed by atoms with Crippen molar-refractivity contribution in [2.45, 2.75) is 19.4 Å². The number of nitrogens with zero attached hydrogens (tertiary/aromatic N) is 1. The Morgan fingerprint density at radius 1 is 1.05 bits per heavy atom. The van der Waals surface area contributed by atoms with Gasteiger partial charge in [-0.3, -0.25) is 19.3 Å². The molecule has 0 spiro atoms. The molecule has 0 bridgehead atoms. The normalized spacial score (nSPS) is 25.2. The Bertz CT molecular complexity index is 552. The molecule has 2 atom stereocenters. The first kappa shape index (κ1) is 12.8. The van der Waals surface area contributed by atoms with E-state index in [0.717, 1.165) is 11.3 Å². The van der Waals surface area contributed by atoms with Gasteiger partial charge in [0.1, 0.15) is 11.5 Å². The SMILES string of the molecule is COc1ccc(CN2C(=O)C3CC(=O)CC3C2=O)cc1. The smallest absolute Gasteiger partial charge is 0.233 e. The Labute approximate surface area is 116 Å². The molecule has 2 amide bonds. The molecule has 5 heteroatoms. The highest BCUT2D eigenvalue weighted by Gasteiger charge is 2.52. The minimum Gasteiger partial charge on any atom is -0.497 e. The third-order valence-electron chi connectivity index (χ3n) is 4.05. The molecule has 1 aromatic rings. The Kier molecular flexibility index (Phi) is 3.04. The average Bonchev–Trinajstić information content (AvgIpc) is 2.93. The summed E-state index contributed by atoms with van der Waals surface area (Å²) in [5.74, 6) is -0.508. The van der Waals surface area contributed by atoms with E-state index >= 15 is 0 Å². The maximum absolute atomic E-state index is 12.2. The summed E-state index contributed by atoms with van der Waals surface area (Å²) < 4.78 is 5.07. The predicted molar refractivity (Wildman–Crippen MR) is 69.8 cm³/mol. The summed E-state index contributed by atoms with van der Waals surface area (Å²) in [7, 11) is 1.58. The summed E-state index contributed by atoms with van der Waals surface area (Å²) >= 11 is 0. The second kappa shape index (κ2) is 4.74. The number of carbonyl (C=O) groups excluding carboxylic acids is 3. The summed E-state index contributed by atoms with van der Waals surface area (Å²) in [6.07, 6.45) is 0.433. The number of carbonyl (C=O) groups is 3.